The Balaban J connectivity index is 1.99. The molecule has 0 saturated carbocycles. The van der Waals surface area contributed by atoms with E-state index < -0.39 is 10.9 Å². The van der Waals surface area contributed by atoms with Gasteiger partial charge in [0.05, 0.1) is 28.8 Å². The highest BCUT2D eigenvalue weighted by Gasteiger charge is 2.13. The number of non-ortho nitro benzene ring substituents is 1. The number of nitrogens with one attached hydrogen (secondary N) is 1. The monoisotopic (exact) mass is 367 g/mol. The molecule has 0 amide bonds. The molecule has 1 aromatic heterocycles. The lowest BCUT2D eigenvalue weighted by Gasteiger charge is -2.03. The first-order valence-electron chi connectivity index (χ1n) is 8.20. The number of hydrogen-bond donors (Lipinski definition) is 1. The second-order valence-electron chi connectivity index (χ2n) is 5.61. The van der Waals surface area contributed by atoms with E-state index in [-0.39, 0.29) is 24.5 Å². The Hall–Kier alpha value is -3.75. The van der Waals surface area contributed by atoms with Gasteiger partial charge in [-0.15, -0.1) is 0 Å². The molecular weight excluding hydrogens is 350 g/mol. The van der Waals surface area contributed by atoms with Gasteiger partial charge in [0, 0.05) is 12.1 Å². The Kier molecular flexibility index (Phi) is 5.11. The van der Waals surface area contributed by atoms with E-state index in [0.717, 1.165) is 0 Å². The first-order valence-corrected chi connectivity index (χ1v) is 8.20. The zero-order chi connectivity index (χ0) is 19.4. The third-order valence-corrected chi connectivity index (χ3v) is 3.88. The van der Waals surface area contributed by atoms with E-state index in [4.69, 9.17) is 10.1 Å². The lowest BCUT2D eigenvalue weighted by Crippen LogP contribution is -2.26. The number of aromatic nitrogens is 2. The summed E-state index contributed by atoms with van der Waals surface area (Å²) in [6.07, 6.45) is 1.50. The van der Waals surface area contributed by atoms with Gasteiger partial charge >= 0.3 is 5.97 Å². The van der Waals surface area contributed by atoms with Crippen molar-refractivity contribution in [2.24, 2.45) is 5.10 Å². The average Bonchev–Trinajstić information content (AvgIpc) is 2.92. The Bertz CT molecular complexity index is 1080. The number of rotatable bonds is 6. The summed E-state index contributed by atoms with van der Waals surface area (Å²) >= 11 is 0. The highest BCUT2D eigenvalue weighted by Crippen LogP contribution is 2.14. The van der Waals surface area contributed by atoms with Gasteiger partial charge in [-0.2, -0.15) is 9.78 Å². The zero-order valence-corrected chi connectivity index (χ0v) is 14.5. The molecule has 2 aromatic carbocycles. The standard InChI is InChI=1S/C18H17N5O4/c1-2-27-17(24)12-21-15-5-3-4-6-16(15)22(18(21)19)20-11-13-7-9-14(10-8-13)23(25)26/h3-11,19H,2,12H2,1H3. The quantitative estimate of drug-likeness (QED) is 0.311. The molecule has 9 heteroatoms. The van der Waals surface area contributed by atoms with Gasteiger partial charge in [-0.3, -0.25) is 24.9 Å². The molecule has 1 N–H and O–H groups in total. The fraction of sp³-hybridized carbons (Fsp3) is 0.167. The maximum Gasteiger partial charge on any atom is 0.326 e. The Morgan fingerprint density at radius 2 is 1.89 bits per heavy atom. The van der Waals surface area contributed by atoms with Crippen molar-refractivity contribution in [2.75, 3.05) is 6.61 Å². The molecule has 0 aliphatic heterocycles. The number of esters is 1. The Labute approximate surface area is 153 Å². The molecule has 0 aliphatic carbocycles. The van der Waals surface area contributed by atoms with E-state index in [0.29, 0.717) is 16.6 Å². The number of nitro benzene ring substituents is 1. The van der Waals surface area contributed by atoms with E-state index in [2.05, 4.69) is 5.10 Å². The molecule has 0 fully saturated rings. The predicted molar refractivity (Wildman–Crippen MR) is 98.5 cm³/mol. The molecule has 0 radical (unpaired) electrons. The predicted octanol–water partition coefficient (Wildman–Crippen LogP) is 2.28. The normalized spacial score (nSPS) is 11.1. The smallest absolute Gasteiger partial charge is 0.326 e. The summed E-state index contributed by atoms with van der Waals surface area (Å²) < 4.78 is 7.89. The van der Waals surface area contributed by atoms with Crippen molar-refractivity contribution in [1.29, 1.82) is 5.41 Å². The van der Waals surface area contributed by atoms with Crippen molar-refractivity contribution in [3.8, 4) is 0 Å². The molecule has 3 rings (SSSR count). The number of carbonyl (C=O) groups is 1. The first-order chi connectivity index (χ1) is 13.0. The Morgan fingerprint density at radius 3 is 2.52 bits per heavy atom. The molecule has 0 bridgehead atoms. The number of ether oxygens (including phenoxy) is 1. The minimum absolute atomic E-state index is 0.00739. The van der Waals surface area contributed by atoms with Gasteiger partial charge in [-0.25, -0.2) is 0 Å². The fourth-order valence-electron chi connectivity index (χ4n) is 2.63. The minimum atomic E-state index is -0.472. The number of nitrogens with zero attached hydrogens (tertiary/aromatic N) is 4. The number of para-hydroxylation sites is 2. The summed E-state index contributed by atoms with van der Waals surface area (Å²) in [5.41, 5.74) is 1.99. The van der Waals surface area contributed by atoms with Gasteiger partial charge in [-0.05, 0) is 36.8 Å². The van der Waals surface area contributed by atoms with E-state index in [1.807, 2.05) is 12.1 Å². The molecule has 9 nitrogen and oxygen atoms in total. The van der Waals surface area contributed by atoms with Crippen LogP contribution < -0.4 is 5.62 Å². The fourth-order valence-corrected chi connectivity index (χ4v) is 2.63. The lowest BCUT2D eigenvalue weighted by molar-refractivity contribution is -0.384. The van der Waals surface area contributed by atoms with Gasteiger partial charge in [0.1, 0.15) is 6.54 Å². The summed E-state index contributed by atoms with van der Waals surface area (Å²) in [5.74, 6) is -0.432. The maximum atomic E-state index is 11.9. The van der Waals surface area contributed by atoms with Crippen LogP contribution in [0.4, 0.5) is 5.69 Å². The van der Waals surface area contributed by atoms with E-state index in [9.17, 15) is 14.9 Å². The summed E-state index contributed by atoms with van der Waals surface area (Å²) in [5, 5.41) is 23.4. The second-order valence-corrected chi connectivity index (χ2v) is 5.61. The SMILES string of the molecule is CCOC(=O)Cn1c(=N)n(N=Cc2ccc([N+](=O)[O-])cc2)c2ccccc21. The molecular formula is C18H17N5O4. The van der Waals surface area contributed by atoms with Crippen LogP contribution in [-0.4, -0.2) is 33.0 Å². The minimum Gasteiger partial charge on any atom is -0.465 e. The number of benzene rings is 2. The van der Waals surface area contributed by atoms with Crippen molar-refractivity contribution in [2.45, 2.75) is 13.5 Å². The van der Waals surface area contributed by atoms with Gasteiger partial charge in [0.2, 0.25) is 5.62 Å². The molecule has 138 valence electrons. The van der Waals surface area contributed by atoms with Crippen LogP contribution in [0.15, 0.2) is 53.6 Å². The van der Waals surface area contributed by atoms with Gasteiger partial charge in [0.15, 0.2) is 0 Å². The summed E-state index contributed by atoms with van der Waals surface area (Å²) in [6, 6.07) is 13.1. The Morgan fingerprint density at radius 1 is 1.22 bits per heavy atom. The largest absolute Gasteiger partial charge is 0.465 e. The van der Waals surface area contributed by atoms with E-state index in [1.165, 1.54) is 27.6 Å². The number of nitro groups is 1. The van der Waals surface area contributed by atoms with E-state index in [1.54, 1.807) is 31.2 Å². The molecule has 0 atom stereocenters. The van der Waals surface area contributed by atoms with Crippen molar-refractivity contribution in [1.82, 2.24) is 9.24 Å². The lowest BCUT2D eigenvalue weighted by atomic mass is 10.2. The molecule has 0 aliphatic rings. The maximum absolute atomic E-state index is 11.9. The summed E-state index contributed by atoms with van der Waals surface area (Å²) in [7, 11) is 0. The van der Waals surface area contributed by atoms with Crippen LogP contribution in [0.1, 0.15) is 12.5 Å². The summed E-state index contributed by atoms with van der Waals surface area (Å²) in [6.45, 7) is 1.90. The number of fused-ring (bicyclic) bond motifs is 1. The molecule has 0 saturated heterocycles. The van der Waals surface area contributed by atoms with Crippen LogP contribution in [-0.2, 0) is 16.1 Å². The highest BCUT2D eigenvalue weighted by atomic mass is 16.6. The van der Waals surface area contributed by atoms with Crippen molar-refractivity contribution >= 4 is 28.9 Å². The van der Waals surface area contributed by atoms with Crippen molar-refractivity contribution in [3.05, 3.63) is 69.8 Å². The molecule has 1 heterocycles. The number of imidazole rings is 1. The van der Waals surface area contributed by atoms with Crippen LogP contribution in [0.25, 0.3) is 11.0 Å². The number of carbonyl (C=O) groups excluding carboxylic acids is 1. The highest BCUT2D eigenvalue weighted by molar-refractivity contribution is 5.82. The van der Waals surface area contributed by atoms with Crippen LogP contribution in [0.2, 0.25) is 0 Å². The number of hydrogen-bond acceptors (Lipinski definition) is 6. The first kappa shape index (κ1) is 18.1. The van der Waals surface area contributed by atoms with Crippen LogP contribution in [0.5, 0.6) is 0 Å². The van der Waals surface area contributed by atoms with Gasteiger partial charge in [0.25, 0.3) is 5.69 Å². The third kappa shape index (κ3) is 3.76. The third-order valence-electron chi connectivity index (χ3n) is 3.88. The van der Waals surface area contributed by atoms with Crippen LogP contribution >= 0.6 is 0 Å². The average molecular weight is 367 g/mol. The topological polar surface area (TPSA) is 116 Å². The van der Waals surface area contributed by atoms with Crippen LogP contribution in [0, 0.1) is 15.5 Å². The van der Waals surface area contributed by atoms with Crippen LogP contribution in [0.3, 0.4) is 0 Å². The molecule has 0 spiro atoms. The summed E-state index contributed by atoms with van der Waals surface area (Å²) in [4.78, 5) is 22.1. The van der Waals surface area contributed by atoms with Gasteiger partial charge in [-0.1, -0.05) is 12.1 Å². The van der Waals surface area contributed by atoms with Crippen molar-refractivity contribution in [3.63, 3.8) is 0 Å². The molecule has 27 heavy (non-hydrogen) atoms. The van der Waals surface area contributed by atoms with Crippen molar-refractivity contribution < 1.29 is 14.5 Å². The molecule has 0 unspecified atom stereocenters. The second kappa shape index (κ2) is 7.65. The van der Waals surface area contributed by atoms with Gasteiger partial charge < -0.3 is 4.74 Å². The zero-order valence-electron chi connectivity index (χ0n) is 14.5. The molecule has 3 aromatic rings. The van der Waals surface area contributed by atoms with E-state index >= 15 is 0 Å².